The van der Waals surface area contributed by atoms with Gasteiger partial charge < -0.3 is 10.4 Å². The molecule has 12 heavy (non-hydrogen) atoms. The Kier molecular flexibility index (Phi) is 2.44. The second-order valence-electron chi connectivity index (χ2n) is 3.22. The molecule has 1 aliphatic heterocycles. The molecule has 0 saturated carbocycles. The third-order valence-electron chi connectivity index (χ3n) is 2.48. The minimum Gasteiger partial charge on any atom is -0.396 e. The second-order valence-corrected chi connectivity index (χ2v) is 4.20. The van der Waals surface area contributed by atoms with E-state index in [9.17, 15) is 0 Å². The fourth-order valence-electron chi connectivity index (χ4n) is 1.76. The molecule has 1 aromatic rings. The maximum absolute atomic E-state index is 9.10. The summed E-state index contributed by atoms with van der Waals surface area (Å²) in [6.45, 7) is 2.28. The number of aliphatic hydroxyl groups is 1. The zero-order valence-electron chi connectivity index (χ0n) is 6.86. The fourth-order valence-corrected chi connectivity index (χ4v) is 2.68. The van der Waals surface area contributed by atoms with Crippen LogP contribution in [0.4, 0.5) is 0 Å². The van der Waals surface area contributed by atoms with Gasteiger partial charge in [0.15, 0.2) is 0 Å². The third kappa shape index (κ3) is 1.40. The van der Waals surface area contributed by atoms with Gasteiger partial charge in [0.25, 0.3) is 0 Å². The van der Waals surface area contributed by atoms with Gasteiger partial charge in [-0.2, -0.15) is 0 Å². The van der Waals surface area contributed by atoms with E-state index >= 15 is 0 Å². The van der Waals surface area contributed by atoms with Crippen LogP contribution in [-0.4, -0.2) is 24.8 Å². The van der Waals surface area contributed by atoms with Crippen molar-refractivity contribution in [3.05, 3.63) is 22.4 Å². The molecule has 0 radical (unpaired) electrons. The number of rotatable bonds is 2. The largest absolute Gasteiger partial charge is 0.396 e. The minimum atomic E-state index is 0.301. The van der Waals surface area contributed by atoms with Crippen LogP contribution in [0.25, 0.3) is 0 Å². The monoisotopic (exact) mass is 183 g/mol. The Morgan fingerprint density at radius 3 is 3.17 bits per heavy atom. The normalized spacial score (nSPS) is 29.4. The lowest BCUT2D eigenvalue weighted by molar-refractivity contribution is 0.227. The Bertz CT molecular complexity index is 235. The zero-order valence-corrected chi connectivity index (χ0v) is 7.68. The lowest BCUT2D eigenvalue weighted by atomic mass is 9.95. The number of thiophene rings is 1. The average molecular weight is 183 g/mol. The van der Waals surface area contributed by atoms with Crippen LogP contribution in [-0.2, 0) is 0 Å². The summed E-state index contributed by atoms with van der Waals surface area (Å²) >= 11 is 1.79. The van der Waals surface area contributed by atoms with Crippen LogP contribution in [0.2, 0.25) is 0 Å². The number of hydrogen-bond donors (Lipinski definition) is 2. The van der Waals surface area contributed by atoms with Gasteiger partial charge in [-0.1, -0.05) is 6.07 Å². The van der Waals surface area contributed by atoms with Gasteiger partial charge in [-0.25, -0.2) is 0 Å². The fraction of sp³-hybridized carbons (Fsp3) is 0.556. The van der Waals surface area contributed by atoms with E-state index in [-0.39, 0.29) is 0 Å². The topological polar surface area (TPSA) is 32.3 Å². The minimum absolute atomic E-state index is 0.301. The molecule has 1 aromatic heterocycles. The zero-order chi connectivity index (χ0) is 8.39. The smallest absolute Gasteiger partial charge is 0.0478 e. The van der Waals surface area contributed by atoms with Crippen molar-refractivity contribution >= 4 is 11.3 Å². The van der Waals surface area contributed by atoms with Gasteiger partial charge in [0.05, 0.1) is 0 Å². The predicted octanol–water partition coefficient (Wildman–Crippen LogP) is 1.04. The SMILES string of the molecule is OC[C@@H]1CNC[C@H]1c1cccs1. The highest BCUT2D eigenvalue weighted by Crippen LogP contribution is 2.30. The molecule has 0 aromatic carbocycles. The van der Waals surface area contributed by atoms with Crippen molar-refractivity contribution in [2.75, 3.05) is 19.7 Å². The van der Waals surface area contributed by atoms with Crippen LogP contribution >= 0.6 is 11.3 Å². The highest BCUT2D eigenvalue weighted by atomic mass is 32.1. The van der Waals surface area contributed by atoms with Gasteiger partial charge >= 0.3 is 0 Å². The van der Waals surface area contributed by atoms with Crippen LogP contribution < -0.4 is 5.32 Å². The van der Waals surface area contributed by atoms with Gasteiger partial charge in [-0.3, -0.25) is 0 Å². The molecule has 0 spiro atoms. The van der Waals surface area contributed by atoms with Crippen molar-refractivity contribution in [2.45, 2.75) is 5.92 Å². The van der Waals surface area contributed by atoms with Crippen LogP contribution in [0, 0.1) is 5.92 Å². The summed E-state index contributed by atoms with van der Waals surface area (Å²) < 4.78 is 0. The second kappa shape index (κ2) is 3.56. The van der Waals surface area contributed by atoms with E-state index in [1.807, 2.05) is 0 Å². The van der Waals surface area contributed by atoms with E-state index in [0.29, 0.717) is 18.4 Å². The Morgan fingerprint density at radius 2 is 2.50 bits per heavy atom. The van der Waals surface area contributed by atoms with Crippen molar-refractivity contribution in [3.8, 4) is 0 Å². The molecule has 1 aliphatic rings. The molecule has 0 aliphatic carbocycles. The average Bonchev–Trinajstić information content (AvgIpc) is 2.74. The Labute approximate surface area is 76.2 Å². The van der Waals surface area contributed by atoms with E-state index in [0.717, 1.165) is 13.1 Å². The summed E-state index contributed by atoms with van der Waals surface area (Å²) in [7, 11) is 0. The summed E-state index contributed by atoms with van der Waals surface area (Å²) in [6, 6.07) is 4.23. The van der Waals surface area contributed by atoms with Gasteiger partial charge in [0.2, 0.25) is 0 Å². The van der Waals surface area contributed by atoms with Crippen molar-refractivity contribution in [1.29, 1.82) is 0 Å². The highest BCUT2D eigenvalue weighted by Gasteiger charge is 2.27. The van der Waals surface area contributed by atoms with Crippen LogP contribution in [0.15, 0.2) is 17.5 Å². The standard InChI is InChI=1S/C9H13NOS/c11-6-7-4-10-5-8(7)9-2-1-3-12-9/h1-3,7-8,10-11H,4-6H2/t7-,8+/m0/s1. The maximum Gasteiger partial charge on any atom is 0.0478 e. The summed E-state index contributed by atoms with van der Waals surface area (Å²) in [5.74, 6) is 0.957. The summed E-state index contributed by atoms with van der Waals surface area (Å²) in [4.78, 5) is 1.40. The summed E-state index contributed by atoms with van der Waals surface area (Å²) in [5.41, 5.74) is 0. The molecule has 0 bridgehead atoms. The van der Waals surface area contributed by atoms with E-state index in [2.05, 4.69) is 22.8 Å². The molecule has 0 unspecified atom stereocenters. The van der Waals surface area contributed by atoms with Gasteiger partial charge in [0.1, 0.15) is 0 Å². The molecule has 2 nitrogen and oxygen atoms in total. The van der Waals surface area contributed by atoms with E-state index in [4.69, 9.17) is 5.11 Å². The van der Waals surface area contributed by atoms with Crippen LogP contribution in [0.3, 0.4) is 0 Å². The van der Waals surface area contributed by atoms with Crippen molar-refractivity contribution in [2.24, 2.45) is 5.92 Å². The van der Waals surface area contributed by atoms with Gasteiger partial charge in [-0.05, 0) is 11.4 Å². The molecular formula is C9H13NOS. The van der Waals surface area contributed by atoms with E-state index < -0.39 is 0 Å². The van der Waals surface area contributed by atoms with Crippen molar-refractivity contribution in [3.63, 3.8) is 0 Å². The van der Waals surface area contributed by atoms with E-state index in [1.54, 1.807) is 11.3 Å². The highest BCUT2D eigenvalue weighted by molar-refractivity contribution is 7.10. The van der Waals surface area contributed by atoms with Crippen molar-refractivity contribution < 1.29 is 5.11 Å². The molecule has 2 N–H and O–H groups in total. The third-order valence-corrected chi connectivity index (χ3v) is 3.49. The van der Waals surface area contributed by atoms with Crippen LogP contribution in [0.5, 0.6) is 0 Å². The molecule has 2 heterocycles. The summed E-state index contributed by atoms with van der Waals surface area (Å²) in [5, 5.41) is 14.5. The quantitative estimate of drug-likeness (QED) is 0.718. The number of aliphatic hydroxyl groups excluding tert-OH is 1. The van der Waals surface area contributed by atoms with Crippen molar-refractivity contribution in [1.82, 2.24) is 5.32 Å². The molecule has 2 atom stereocenters. The van der Waals surface area contributed by atoms with E-state index in [1.165, 1.54) is 4.88 Å². The maximum atomic E-state index is 9.10. The van der Waals surface area contributed by atoms with Gasteiger partial charge in [0, 0.05) is 36.4 Å². The Morgan fingerprint density at radius 1 is 1.58 bits per heavy atom. The molecular weight excluding hydrogens is 170 g/mol. The van der Waals surface area contributed by atoms with Crippen LogP contribution in [0.1, 0.15) is 10.8 Å². The molecule has 1 saturated heterocycles. The molecule has 66 valence electrons. The first-order chi connectivity index (χ1) is 5.92. The Balaban J connectivity index is 2.13. The molecule has 0 amide bonds. The lowest BCUT2D eigenvalue weighted by Gasteiger charge is -2.13. The summed E-state index contributed by atoms with van der Waals surface area (Å²) in [6.07, 6.45) is 0. The first-order valence-electron chi connectivity index (χ1n) is 4.27. The molecule has 3 heteroatoms. The first-order valence-corrected chi connectivity index (χ1v) is 5.14. The van der Waals surface area contributed by atoms with Gasteiger partial charge in [-0.15, -0.1) is 11.3 Å². The first kappa shape index (κ1) is 8.23. The Hall–Kier alpha value is -0.380. The number of hydrogen-bond acceptors (Lipinski definition) is 3. The number of nitrogens with one attached hydrogen (secondary N) is 1. The molecule has 1 fully saturated rings. The molecule has 2 rings (SSSR count). The predicted molar refractivity (Wildman–Crippen MR) is 50.5 cm³/mol. The lowest BCUT2D eigenvalue weighted by Crippen LogP contribution is -2.14.